The summed E-state index contributed by atoms with van der Waals surface area (Å²) >= 11 is 6.67. The Hall–Kier alpha value is -1.41. The molecule has 0 N–H and O–H groups in total. The van der Waals surface area contributed by atoms with Crippen LogP contribution in [0.4, 0.5) is 0 Å². The van der Waals surface area contributed by atoms with Crippen LogP contribution in [-0.4, -0.2) is 7.11 Å². The lowest BCUT2D eigenvalue weighted by Crippen LogP contribution is -2.00. The Morgan fingerprint density at radius 2 is 1.79 bits per heavy atom. The molecule has 0 aliphatic carbocycles. The fraction of sp³-hybridized carbons (Fsp3) is 0.375. The van der Waals surface area contributed by atoms with Crippen LogP contribution in [0.1, 0.15) is 39.2 Å². The minimum atomic E-state index is -0.257. The van der Waals surface area contributed by atoms with E-state index in [1.807, 2.05) is 39.8 Å². The van der Waals surface area contributed by atoms with Crippen molar-refractivity contribution in [2.75, 3.05) is 7.11 Å². The highest BCUT2D eigenvalue weighted by atomic mass is 35.5. The van der Waals surface area contributed by atoms with Gasteiger partial charge in [-0.3, -0.25) is 0 Å². The lowest BCUT2D eigenvalue weighted by molar-refractivity contribution is 0.410. The van der Waals surface area contributed by atoms with Crippen molar-refractivity contribution in [2.24, 2.45) is 0 Å². The number of methoxy groups -OCH3 is 1. The van der Waals surface area contributed by atoms with Gasteiger partial charge in [-0.1, -0.05) is 17.7 Å². The first kappa shape index (κ1) is 14.0. The molecule has 0 saturated heterocycles. The zero-order valence-electron chi connectivity index (χ0n) is 12.0. The Bertz CT molecular complexity index is 599. The van der Waals surface area contributed by atoms with Gasteiger partial charge in [-0.2, -0.15) is 0 Å². The van der Waals surface area contributed by atoms with E-state index in [2.05, 4.69) is 6.07 Å². The quantitative estimate of drug-likeness (QED) is 0.749. The highest BCUT2D eigenvalue weighted by Gasteiger charge is 2.23. The number of ether oxygens (including phenoxy) is 1. The van der Waals surface area contributed by atoms with Gasteiger partial charge in [0, 0.05) is 11.1 Å². The molecule has 0 fully saturated rings. The molecule has 1 heterocycles. The third-order valence-corrected chi connectivity index (χ3v) is 3.98. The van der Waals surface area contributed by atoms with Gasteiger partial charge < -0.3 is 9.15 Å². The van der Waals surface area contributed by atoms with E-state index >= 15 is 0 Å². The van der Waals surface area contributed by atoms with Crippen molar-refractivity contribution in [3.63, 3.8) is 0 Å². The molecule has 1 unspecified atom stereocenters. The van der Waals surface area contributed by atoms with Gasteiger partial charge in [0.2, 0.25) is 0 Å². The number of hydrogen-bond donors (Lipinski definition) is 0. The predicted molar refractivity (Wildman–Crippen MR) is 78.3 cm³/mol. The molecule has 0 saturated carbocycles. The minimum Gasteiger partial charge on any atom is -0.496 e. The van der Waals surface area contributed by atoms with Gasteiger partial charge in [-0.15, -0.1) is 11.6 Å². The van der Waals surface area contributed by atoms with Gasteiger partial charge in [0.25, 0.3) is 0 Å². The SMILES string of the molecule is COc1ccc(C)cc1C(Cl)c1c(C)oc(C)c1C. The van der Waals surface area contributed by atoms with Crippen molar-refractivity contribution < 1.29 is 9.15 Å². The van der Waals surface area contributed by atoms with E-state index < -0.39 is 0 Å². The number of furan rings is 1. The molecule has 0 radical (unpaired) electrons. The second-order valence-corrected chi connectivity index (χ2v) is 5.30. The summed E-state index contributed by atoms with van der Waals surface area (Å²) in [5.74, 6) is 2.60. The van der Waals surface area contributed by atoms with Crippen LogP contribution in [0.15, 0.2) is 22.6 Å². The largest absolute Gasteiger partial charge is 0.496 e. The summed E-state index contributed by atoms with van der Waals surface area (Å²) in [6, 6.07) is 6.04. The Morgan fingerprint density at radius 1 is 1.11 bits per heavy atom. The molecule has 0 spiro atoms. The molecule has 2 nitrogen and oxygen atoms in total. The van der Waals surface area contributed by atoms with Crippen molar-refractivity contribution in [2.45, 2.75) is 33.1 Å². The zero-order chi connectivity index (χ0) is 14.2. The van der Waals surface area contributed by atoms with Crippen molar-refractivity contribution in [1.29, 1.82) is 0 Å². The van der Waals surface area contributed by atoms with Crippen LogP contribution >= 0.6 is 11.6 Å². The number of alkyl halides is 1. The number of halogens is 1. The van der Waals surface area contributed by atoms with Gasteiger partial charge in [0.05, 0.1) is 12.5 Å². The molecular formula is C16H19ClO2. The zero-order valence-corrected chi connectivity index (χ0v) is 12.8. The van der Waals surface area contributed by atoms with Crippen molar-refractivity contribution >= 4 is 11.6 Å². The molecule has 1 aromatic carbocycles. The Balaban J connectivity index is 2.55. The van der Waals surface area contributed by atoms with Gasteiger partial charge >= 0.3 is 0 Å². The maximum Gasteiger partial charge on any atom is 0.123 e. The molecule has 2 rings (SSSR count). The first-order chi connectivity index (χ1) is 8.95. The molecule has 0 aliphatic rings. The summed E-state index contributed by atoms with van der Waals surface area (Å²) in [5.41, 5.74) is 4.30. The standard InChI is InChI=1S/C16H19ClO2/c1-9-6-7-14(18-5)13(8-9)16(17)15-10(2)11(3)19-12(15)4/h6-8,16H,1-5H3. The predicted octanol–water partition coefficient (Wildman–Crippen LogP) is 4.85. The van der Waals surface area contributed by atoms with E-state index in [9.17, 15) is 0 Å². The Labute approximate surface area is 119 Å². The van der Waals surface area contributed by atoms with Crippen LogP contribution in [0.25, 0.3) is 0 Å². The highest BCUT2D eigenvalue weighted by Crippen LogP contribution is 2.40. The maximum absolute atomic E-state index is 6.67. The lowest BCUT2D eigenvalue weighted by atomic mass is 9.98. The molecule has 0 bridgehead atoms. The van der Waals surface area contributed by atoms with Gasteiger partial charge in [0.1, 0.15) is 17.3 Å². The number of rotatable bonds is 3. The van der Waals surface area contributed by atoms with E-state index in [0.717, 1.165) is 39.5 Å². The second kappa shape index (κ2) is 5.30. The van der Waals surface area contributed by atoms with Gasteiger partial charge in [-0.25, -0.2) is 0 Å². The normalized spacial score (nSPS) is 12.5. The molecule has 19 heavy (non-hydrogen) atoms. The van der Waals surface area contributed by atoms with E-state index in [-0.39, 0.29) is 5.38 Å². The van der Waals surface area contributed by atoms with Crippen molar-refractivity contribution in [3.05, 3.63) is 52.0 Å². The summed E-state index contributed by atoms with van der Waals surface area (Å²) in [6.45, 7) is 8.00. The molecule has 1 atom stereocenters. The molecule has 102 valence electrons. The molecule has 3 heteroatoms. The third kappa shape index (κ3) is 2.50. The Kier molecular flexibility index (Phi) is 3.91. The highest BCUT2D eigenvalue weighted by molar-refractivity contribution is 6.23. The lowest BCUT2D eigenvalue weighted by Gasteiger charge is -2.15. The summed E-state index contributed by atoms with van der Waals surface area (Å²) < 4.78 is 11.1. The monoisotopic (exact) mass is 278 g/mol. The fourth-order valence-electron chi connectivity index (χ4n) is 2.39. The van der Waals surface area contributed by atoms with Crippen LogP contribution in [0.5, 0.6) is 5.75 Å². The number of hydrogen-bond acceptors (Lipinski definition) is 2. The molecule has 0 amide bonds. The molecule has 0 aliphatic heterocycles. The topological polar surface area (TPSA) is 22.4 Å². The molecule has 1 aromatic heterocycles. The molecular weight excluding hydrogens is 260 g/mol. The van der Waals surface area contributed by atoms with Crippen LogP contribution < -0.4 is 4.74 Å². The summed E-state index contributed by atoms with van der Waals surface area (Å²) in [7, 11) is 1.66. The van der Waals surface area contributed by atoms with Crippen LogP contribution in [0.2, 0.25) is 0 Å². The summed E-state index contributed by atoms with van der Waals surface area (Å²) in [4.78, 5) is 0. The van der Waals surface area contributed by atoms with Crippen LogP contribution in [0.3, 0.4) is 0 Å². The average molecular weight is 279 g/mol. The van der Waals surface area contributed by atoms with Gasteiger partial charge in [-0.05, 0) is 39.3 Å². The first-order valence-electron chi connectivity index (χ1n) is 6.30. The first-order valence-corrected chi connectivity index (χ1v) is 6.74. The van der Waals surface area contributed by atoms with E-state index in [4.69, 9.17) is 20.8 Å². The Morgan fingerprint density at radius 3 is 2.32 bits per heavy atom. The average Bonchev–Trinajstić information content (AvgIpc) is 2.62. The molecule has 2 aromatic rings. The van der Waals surface area contributed by atoms with E-state index in [1.54, 1.807) is 7.11 Å². The van der Waals surface area contributed by atoms with Gasteiger partial charge in [0.15, 0.2) is 0 Å². The summed E-state index contributed by atoms with van der Waals surface area (Å²) in [5, 5.41) is -0.257. The van der Waals surface area contributed by atoms with Crippen molar-refractivity contribution in [1.82, 2.24) is 0 Å². The van der Waals surface area contributed by atoms with Crippen molar-refractivity contribution in [3.8, 4) is 5.75 Å². The van der Waals surface area contributed by atoms with E-state index in [0.29, 0.717) is 0 Å². The third-order valence-electron chi connectivity index (χ3n) is 3.53. The summed E-state index contributed by atoms with van der Waals surface area (Å²) in [6.07, 6.45) is 0. The maximum atomic E-state index is 6.67. The number of aryl methyl sites for hydroxylation is 3. The fourth-order valence-corrected chi connectivity index (χ4v) is 2.88. The van der Waals surface area contributed by atoms with Crippen LogP contribution in [0, 0.1) is 27.7 Å². The second-order valence-electron chi connectivity index (χ2n) is 4.86. The van der Waals surface area contributed by atoms with E-state index in [1.165, 1.54) is 0 Å². The van der Waals surface area contributed by atoms with Crippen LogP contribution in [-0.2, 0) is 0 Å². The minimum absolute atomic E-state index is 0.257. The smallest absolute Gasteiger partial charge is 0.123 e. The number of benzene rings is 1.